The van der Waals surface area contributed by atoms with E-state index < -0.39 is 0 Å². The molecule has 0 rings (SSSR count). The number of rotatable bonds is 0. The average Bonchev–Trinajstić information content (AvgIpc) is 0. The van der Waals surface area contributed by atoms with Crippen LogP contribution in [0, 0.1) is 0 Å². The molecule has 0 saturated carbocycles. The quantitative estimate of drug-likeness (QED) is 0.569. The molecule has 0 N–H and O–H groups in total. The van der Waals surface area contributed by atoms with Gasteiger partial charge >= 0.3 is 0 Å². The van der Waals surface area contributed by atoms with Crippen LogP contribution in [-0.2, 0) is 72.6 Å². The molecule has 0 bridgehead atoms. The smallest absolute Gasteiger partial charge is 0 e. The molecule has 0 spiro atoms. The monoisotopic (exact) mass is 277 g/mol. The third-order valence-corrected chi connectivity index (χ3v) is 0. The van der Waals surface area contributed by atoms with Gasteiger partial charge in [-0.15, -0.1) is 0 Å². The van der Waals surface area contributed by atoms with Gasteiger partial charge in [-0.1, -0.05) is 7.43 Å². The molecule has 0 aromatic heterocycles. The number of hydrogen-bond acceptors (Lipinski definition) is 0. The molecule has 0 heterocycles. The van der Waals surface area contributed by atoms with E-state index in [1.54, 1.807) is 0 Å². The van der Waals surface area contributed by atoms with Crippen molar-refractivity contribution in [1.29, 1.82) is 0 Å². The summed E-state index contributed by atoms with van der Waals surface area (Å²) < 4.78 is 0. The molecule has 5 heavy (non-hydrogen) atoms. The molecule has 35 valence electrons. The van der Waals surface area contributed by atoms with E-state index in [4.69, 9.17) is 0 Å². The molecule has 0 aliphatic carbocycles. The fourth-order valence-corrected chi connectivity index (χ4v) is 0. The van der Waals surface area contributed by atoms with Crippen molar-refractivity contribution in [3.8, 4) is 0 Å². The molecular formula is CH4CrFeMnMo. The van der Waals surface area contributed by atoms with Crippen molar-refractivity contribution in [3.05, 3.63) is 0 Å². The summed E-state index contributed by atoms with van der Waals surface area (Å²) in [5.41, 5.74) is 0. The van der Waals surface area contributed by atoms with Crippen molar-refractivity contribution in [3.63, 3.8) is 0 Å². The van der Waals surface area contributed by atoms with E-state index in [0.717, 1.165) is 0 Å². The third kappa shape index (κ3) is 22.2. The Morgan fingerprint density at radius 3 is 1.00 bits per heavy atom. The molecule has 0 fully saturated rings. The largest absolute Gasteiger partial charge is 0.0776 e. The Bertz CT molecular complexity index is 11.6. The molecule has 0 aliphatic heterocycles. The molecule has 0 aromatic carbocycles. The summed E-state index contributed by atoms with van der Waals surface area (Å²) in [4.78, 5) is 0. The van der Waals surface area contributed by atoms with E-state index in [1.165, 1.54) is 0 Å². The van der Waals surface area contributed by atoms with Gasteiger partial charge in [-0.2, -0.15) is 0 Å². The van der Waals surface area contributed by atoms with Crippen molar-refractivity contribution in [2.45, 2.75) is 7.43 Å². The second-order valence-corrected chi connectivity index (χ2v) is 0. The van der Waals surface area contributed by atoms with Crippen LogP contribution >= 0.6 is 0 Å². The standard InChI is InChI=1S/CH4.Cr.Fe.Mn.Mo/h1H4;;;;. The van der Waals surface area contributed by atoms with Crippen LogP contribution in [0.2, 0.25) is 0 Å². The first-order valence-electron chi connectivity index (χ1n) is 0. The van der Waals surface area contributed by atoms with E-state index in [9.17, 15) is 0 Å². The first-order chi connectivity index (χ1) is 0. The van der Waals surface area contributed by atoms with E-state index in [0.29, 0.717) is 0 Å². The topological polar surface area (TPSA) is 0 Å². The predicted molar refractivity (Wildman–Crippen MR) is 6.73 cm³/mol. The Morgan fingerprint density at radius 1 is 1.00 bits per heavy atom. The van der Waals surface area contributed by atoms with Crippen LogP contribution in [0.15, 0.2) is 0 Å². The van der Waals surface area contributed by atoms with Gasteiger partial charge in [0.1, 0.15) is 0 Å². The fourth-order valence-electron chi connectivity index (χ4n) is 0. The zero-order valence-corrected chi connectivity index (χ0v) is 7.11. The first kappa shape index (κ1) is 55.7. The van der Waals surface area contributed by atoms with Gasteiger partial charge in [-0.05, 0) is 0 Å². The van der Waals surface area contributed by atoms with Crippen LogP contribution in [0.5, 0.6) is 0 Å². The van der Waals surface area contributed by atoms with Gasteiger partial charge in [0.25, 0.3) is 0 Å². The summed E-state index contributed by atoms with van der Waals surface area (Å²) in [6, 6.07) is 0. The molecular weight excluding hydrogens is 271 g/mol. The van der Waals surface area contributed by atoms with Gasteiger partial charge in [0, 0.05) is 72.6 Å². The number of hydrogen-bond donors (Lipinski definition) is 0. The second kappa shape index (κ2) is 33.9. The summed E-state index contributed by atoms with van der Waals surface area (Å²) in [6.45, 7) is 0. The maximum atomic E-state index is 0. The van der Waals surface area contributed by atoms with Crippen LogP contribution in [0.25, 0.3) is 0 Å². The normalized spacial score (nSPS) is 0. The van der Waals surface area contributed by atoms with Crippen LogP contribution < -0.4 is 0 Å². The van der Waals surface area contributed by atoms with Crippen molar-refractivity contribution in [2.75, 3.05) is 0 Å². The Hall–Kier alpha value is 2.26. The minimum atomic E-state index is 0. The summed E-state index contributed by atoms with van der Waals surface area (Å²) in [5.74, 6) is 0. The van der Waals surface area contributed by atoms with Crippen molar-refractivity contribution in [1.82, 2.24) is 0 Å². The molecule has 0 amide bonds. The summed E-state index contributed by atoms with van der Waals surface area (Å²) in [6.07, 6.45) is 0. The van der Waals surface area contributed by atoms with Crippen LogP contribution in [0.4, 0.5) is 0 Å². The molecule has 4 heteroatoms. The van der Waals surface area contributed by atoms with Gasteiger partial charge in [0.2, 0.25) is 0 Å². The molecule has 0 nitrogen and oxygen atoms in total. The van der Waals surface area contributed by atoms with E-state index in [-0.39, 0.29) is 80.0 Å². The van der Waals surface area contributed by atoms with E-state index in [1.807, 2.05) is 0 Å². The molecule has 1 radical (unpaired) electrons. The maximum Gasteiger partial charge on any atom is 0 e. The van der Waals surface area contributed by atoms with Gasteiger partial charge in [0.15, 0.2) is 0 Å². The Morgan fingerprint density at radius 2 is 1.00 bits per heavy atom. The minimum absolute atomic E-state index is 0. The third-order valence-electron chi connectivity index (χ3n) is 0. The van der Waals surface area contributed by atoms with Gasteiger partial charge in [-0.25, -0.2) is 0 Å². The van der Waals surface area contributed by atoms with Crippen LogP contribution in [0.1, 0.15) is 7.43 Å². The van der Waals surface area contributed by atoms with Gasteiger partial charge < -0.3 is 0 Å². The fraction of sp³-hybridized carbons (Fsp3) is 1.00. The summed E-state index contributed by atoms with van der Waals surface area (Å²) in [7, 11) is 0. The first-order valence-corrected chi connectivity index (χ1v) is 0. The molecule has 0 aliphatic rings. The molecule has 0 unspecified atom stereocenters. The zero-order valence-electron chi connectivity index (χ0n) is 1.55. The SMILES string of the molecule is C.[Cr].[Fe].[Mn].[Mo]. The van der Waals surface area contributed by atoms with E-state index in [2.05, 4.69) is 0 Å². The maximum absolute atomic E-state index is 0. The Kier molecular flexibility index (Phi) is 378. The summed E-state index contributed by atoms with van der Waals surface area (Å²) in [5, 5.41) is 0. The molecule has 0 aromatic rings. The molecule has 0 atom stereocenters. The predicted octanol–water partition coefficient (Wildman–Crippen LogP) is 0.626. The second-order valence-electron chi connectivity index (χ2n) is 0. The Balaban J connectivity index is 0. The average molecular weight is 275 g/mol. The van der Waals surface area contributed by atoms with E-state index >= 15 is 0 Å². The van der Waals surface area contributed by atoms with Crippen molar-refractivity contribution < 1.29 is 72.6 Å². The molecule has 0 saturated heterocycles. The van der Waals surface area contributed by atoms with Crippen molar-refractivity contribution >= 4 is 0 Å². The minimum Gasteiger partial charge on any atom is -0.0776 e. The van der Waals surface area contributed by atoms with Gasteiger partial charge in [0.05, 0.1) is 0 Å². The van der Waals surface area contributed by atoms with Crippen molar-refractivity contribution in [2.24, 2.45) is 0 Å². The Labute approximate surface area is 79.2 Å². The van der Waals surface area contributed by atoms with Crippen LogP contribution in [0.3, 0.4) is 0 Å². The van der Waals surface area contributed by atoms with Crippen LogP contribution in [-0.4, -0.2) is 0 Å². The zero-order chi connectivity index (χ0) is 0. The van der Waals surface area contributed by atoms with Gasteiger partial charge in [-0.3, -0.25) is 0 Å². The summed E-state index contributed by atoms with van der Waals surface area (Å²) >= 11 is 0.